The van der Waals surface area contributed by atoms with Gasteiger partial charge in [-0.25, -0.2) is 9.78 Å². The van der Waals surface area contributed by atoms with Crippen LogP contribution in [-0.4, -0.2) is 26.9 Å². The van der Waals surface area contributed by atoms with Crippen molar-refractivity contribution < 1.29 is 24.5 Å². The number of aromatic nitrogens is 1. The number of aromatic hydroxyl groups is 1. The SMILES string of the molecule is CCc1c(OCc2cccc(Sc3cc(C(=O)O)ccn3)c2)ccc(C(C)=O)c1O. The van der Waals surface area contributed by atoms with Gasteiger partial charge in [-0.15, -0.1) is 0 Å². The second-order valence-corrected chi connectivity index (χ2v) is 7.67. The van der Waals surface area contributed by atoms with E-state index in [1.165, 1.54) is 37.0 Å². The lowest BCUT2D eigenvalue weighted by Gasteiger charge is -2.14. The fourth-order valence-electron chi connectivity index (χ4n) is 2.96. The fourth-order valence-corrected chi connectivity index (χ4v) is 3.86. The Hall–Kier alpha value is -3.32. The number of Topliss-reactive ketones (excluding diaryl/α,β-unsaturated/α-hetero) is 1. The summed E-state index contributed by atoms with van der Waals surface area (Å²) in [4.78, 5) is 27.9. The number of aromatic carboxylic acids is 1. The number of ketones is 1. The molecule has 0 aliphatic carbocycles. The molecule has 30 heavy (non-hydrogen) atoms. The van der Waals surface area contributed by atoms with E-state index < -0.39 is 5.97 Å². The molecule has 0 aliphatic rings. The summed E-state index contributed by atoms with van der Waals surface area (Å²) in [6.45, 7) is 3.59. The average Bonchev–Trinajstić information content (AvgIpc) is 2.72. The Bertz CT molecular complexity index is 1100. The molecule has 0 aliphatic heterocycles. The summed E-state index contributed by atoms with van der Waals surface area (Å²) in [5.74, 6) is -0.684. The van der Waals surface area contributed by atoms with Crippen LogP contribution in [0.4, 0.5) is 0 Å². The molecule has 0 atom stereocenters. The van der Waals surface area contributed by atoms with E-state index in [0.29, 0.717) is 22.8 Å². The Morgan fingerprint density at radius 2 is 1.93 bits per heavy atom. The molecule has 2 N–H and O–H groups in total. The maximum Gasteiger partial charge on any atom is 0.335 e. The monoisotopic (exact) mass is 423 g/mol. The number of benzene rings is 2. The summed E-state index contributed by atoms with van der Waals surface area (Å²) in [7, 11) is 0. The number of pyridine rings is 1. The molecule has 6 nitrogen and oxygen atoms in total. The van der Waals surface area contributed by atoms with Gasteiger partial charge in [0.2, 0.25) is 0 Å². The number of carbonyl (C=O) groups excluding carboxylic acids is 1. The van der Waals surface area contributed by atoms with Crippen LogP contribution in [0.1, 0.15) is 45.7 Å². The number of phenols is 1. The van der Waals surface area contributed by atoms with Gasteiger partial charge in [-0.3, -0.25) is 4.79 Å². The first kappa shape index (κ1) is 21.4. The number of carbonyl (C=O) groups is 2. The van der Waals surface area contributed by atoms with E-state index in [1.807, 2.05) is 31.2 Å². The van der Waals surface area contributed by atoms with Gasteiger partial charge in [-0.05, 0) is 55.3 Å². The molecule has 0 spiro atoms. The average molecular weight is 423 g/mol. The topological polar surface area (TPSA) is 96.7 Å². The van der Waals surface area contributed by atoms with Crippen molar-refractivity contribution in [2.75, 3.05) is 0 Å². The van der Waals surface area contributed by atoms with Crippen LogP contribution >= 0.6 is 11.8 Å². The molecule has 3 aromatic rings. The van der Waals surface area contributed by atoms with Crippen molar-refractivity contribution >= 4 is 23.5 Å². The maximum atomic E-state index is 11.6. The van der Waals surface area contributed by atoms with E-state index in [0.717, 1.165) is 10.5 Å². The molecule has 0 unspecified atom stereocenters. The van der Waals surface area contributed by atoms with Crippen molar-refractivity contribution in [1.29, 1.82) is 0 Å². The Kier molecular flexibility index (Phi) is 6.74. The second kappa shape index (κ2) is 9.45. The van der Waals surface area contributed by atoms with Crippen LogP contribution in [0, 0.1) is 0 Å². The number of rotatable bonds is 8. The first-order valence-electron chi connectivity index (χ1n) is 9.33. The van der Waals surface area contributed by atoms with Gasteiger partial charge >= 0.3 is 5.97 Å². The van der Waals surface area contributed by atoms with Crippen molar-refractivity contribution in [2.45, 2.75) is 36.8 Å². The maximum absolute atomic E-state index is 11.6. The zero-order valence-corrected chi connectivity index (χ0v) is 17.4. The van der Waals surface area contributed by atoms with E-state index >= 15 is 0 Å². The lowest BCUT2D eigenvalue weighted by molar-refractivity contribution is 0.0696. The minimum absolute atomic E-state index is 0.0313. The van der Waals surface area contributed by atoms with Crippen LogP contribution in [0.15, 0.2) is 64.6 Å². The van der Waals surface area contributed by atoms with Gasteiger partial charge in [-0.2, -0.15) is 0 Å². The number of carboxylic acid groups (broad SMARTS) is 1. The second-order valence-electron chi connectivity index (χ2n) is 6.57. The van der Waals surface area contributed by atoms with Crippen molar-refractivity contribution in [3.8, 4) is 11.5 Å². The molecule has 1 heterocycles. The van der Waals surface area contributed by atoms with Crippen molar-refractivity contribution in [2.24, 2.45) is 0 Å². The van der Waals surface area contributed by atoms with Gasteiger partial charge < -0.3 is 14.9 Å². The third-order valence-electron chi connectivity index (χ3n) is 4.47. The fraction of sp³-hybridized carbons (Fsp3) is 0.174. The molecule has 0 bridgehead atoms. The summed E-state index contributed by atoms with van der Waals surface area (Å²) >= 11 is 1.36. The van der Waals surface area contributed by atoms with Gasteiger partial charge in [0.1, 0.15) is 23.1 Å². The molecule has 3 rings (SSSR count). The number of phenolic OH excluding ortho intramolecular Hbond substituents is 1. The zero-order chi connectivity index (χ0) is 21.7. The highest BCUT2D eigenvalue weighted by Gasteiger charge is 2.15. The third kappa shape index (κ3) is 4.99. The van der Waals surface area contributed by atoms with Crippen molar-refractivity contribution in [1.82, 2.24) is 4.98 Å². The van der Waals surface area contributed by atoms with Crippen LogP contribution in [0.25, 0.3) is 0 Å². The summed E-state index contributed by atoms with van der Waals surface area (Å²) in [5.41, 5.74) is 1.98. The predicted octanol–water partition coefficient (Wildman–Crippen LogP) is 4.98. The summed E-state index contributed by atoms with van der Waals surface area (Å²) in [6.07, 6.45) is 2.01. The van der Waals surface area contributed by atoms with Crippen molar-refractivity contribution in [3.63, 3.8) is 0 Å². The molecule has 0 amide bonds. The minimum Gasteiger partial charge on any atom is -0.507 e. The Labute approximate surface area is 178 Å². The minimum atomic E-state index is -0.993. The lowest BCUT2D eigenvalue weighted by Crippen LogP contribution is -2.02. The highest BCUT2D eigenvalue weighted by Crippen LogP contribution is 2.33. The van der Waals surface area contributed by atoms with E-state index in [1.54, 1.807) is 12.1 Å². The van der Waals surface area contributed by atoms with Crippen LogP contribution in [0.3, 0.4) is 0 Å². The van der Waals surface area contributed by atoms with Crippen LogP contribution in [0.5, 0.6) is 11.5 Å². The lowest BCUT2D eigenvalue weighted by atomic mass is 10.0. The molecular formula is C23H21NO5S. The molecule has 2 aromatic carbocycles. The summed E-state index contributed by atoms with van der Waals surface area (Å²) < 4.78 is 5.91. The Morgan fingerprint density at radius 1 is 1.13 bits per heavy atom. The number of carboxylic acids is 1. The first-order valence-corrected chi connectivity index (χ1v) is 10.2. The van der Waals surface area contributed by atoms with E-state index in [4.69, 9.17) is 9.84 Å². The van der Waals surface area contributed by atoms with Gasteiger partial charge in [0.15, 0.2) is 5.78 Å². The molecule has 154 valence electrons. The van der Waals surface area contributed by atoms with Gasteiger partial charge in [-0.1, -0.05) is 30.8 Å². The van der Waals surface area contributed by atoms with Crippen LogP contribution in [-0.2, 0) is 13.0 Å². The van der Waals surface area contributed by atoms with E-state index in [2.05, 4.69) is 4.98 Å². The third-order valence-corrected chi connectivity index (χ3v) is 5.39. The molecule has 0 saturated heterocycles. The molecule has 0 saturated carbocycles. The summed E-state index contributed by atoms with van der Waals surface area (Å²) in [5, 5.41) is 20.1. The number of hydrogen-bond donors (Lipinski definition) is 2. The first-order chi connectivity index (χ1) is 14.4. The zero-order valence-electron chi connectivity index (χ0n) is 16.6. The van der Waals surface area contributed by atoms with E-state index in [9.17, 15) is 14.7 Å². The molecule has 7 heteroatoms. The van der Waals surface area contributed by atoms with Crippen LogP contribution in [0.2, 0.25) is 0 Å². The normalized spacial score (nSPS) is 10.6. The Morgan fingerprint density at radius 3 is 2.63 bits per heavy atom. The smallest absolute Gasteiger partial charge is 0.335 e. The largest absolute Gasteiger partial charge is 0.507 e. The molecular weight excluding hydrogens is 402 g/mol. The highest BCUT2D eigenvalue weighted by molar-refractivity contribution is 7.99. The molecule has 0 radical (unpaired) electrons. The van der Waals surface area contributed by atoms with E-state index in [-0.39, 0.29) is 29.3 Å². The van der Waals surface area contributed by atoms with Crippen LogP contribution < -0.4 is 4.74 Å². The van der Waals surface area contributed by atoms with Gasteiger partial charge in [0.05, 0.1) is 11.1 Å². The summed E-state index contributed by atoms with van der Waals surface area (Å²) in [6, 6.07) is 13.9. The molecule has 0 fully saturated rings. The quantitative estimate of drug-likeness (QED) is 0.493. The van der Waals surface area contributed by atoms with Gasteiger partial charge in [0, 0.05) is 16.7 Å². The van der Waals surface area contributed by atoms with Gasteiger partial charge in [0.25, 0.3) is 0 Å². The predicted molar refractivity (Wildman–Crippen MR) is 114 cm³/mol. The van der Waals surface area contributed by atoms with Crippen molar-refractivity contribution in [3.05, 3.63) is 77.0 Å². The number of hydrogen-bond acceptors (Lipinski definition) is 6. The standard InChI is InChI=1S/C23H21NO5S/c1-3-18-20(8-7-19(14(2)25)22(18)26)29-13-15-5-4-6-17(11-15)30-21-12-16(23(27)28)9-10-24-21/h4-12,26H,3,13H2,1-2H3,(H,27,28). The molecule has 1 aromatic heterocycles. The number of ether oxygens (including phenoxy) is 1. The number of nitrogens with zero attached hydrogens (tertiary/aromatic N) is 1. The highest BCUT2D eigenvalue weighted by atomic mass is 32.2. The Balaban J connectivity index is 1.75.